The van der Waals surface area contributed by atoms with Crippen LogP contribution < -0.4 is 5.32 Å². The number of H-pyrrole nitrogens is 1. The smallest absolute Gasteiger partial charge is 0.255 e. The van der Waals surface area contributed by atoms with Gasteiger partial charge in [0, 0.05) is 11.2 Å². The number of rotatable bonds is 2. The summed E-state index contributed by atoms with van der Waals surface area (Å²) in [6.07, 6.45) is 2.16. The normalized spacial score (nSPS) is 17.9. The van der Waals surface area contributed by atoms with Gasteiger partial charge in [-0.05, 0) is 33.6 Å². The van der Waals surface area contributed by atoms with Crippen LogP contribution in [0.15, 0.2) is 0 Å². The summed E-state index contributed by atoms with van der Waals surface area (Å²) < 4.78 is 0. The molecule has 4 heteroatoms. The number of aromatic nitrogens is 2. The van der Waals surface area contributed by atoms with E-state index in [-0.39, 0.29) is 11.4 Å². The Labute approximate surface area is 83.1 Å². The molecule has 1 amide bonds. The number of carbonyl (C=O) groups is 1. The van der Waals surface area contributed by atoms with Crippen molar-refractivity contribution < 1.29 is 4.79 Å². The molecule has 1 saturated carbocycles. The summed E-state index contributed by atoms with van der Waals surface area (Å²) in [6.45, 7) is 5.77. The first-order valence-electron chi connectivity index (χ1n) is 4.86. The van der Waals surface area contributed by atoms with Crippen molar-refractivity contribution in [2.75, 3.05) is 0 Å². The highest BCUT2D eigenvalue weighted by atomic mass is 16.1. The van der Waals surface area contributed by atoms with Crippen LogP contribution in [-0.4, -0.2) is 21.6 Å². The molecule has 0 saturated heterocycles. The summed E-state index contributed by atoms with van der Waals surface area (Å²) in [6, 6.07) is 0. The Balaban J connectivity index is 2.18. The maximum atomic E-state index is 11.8. The Kier molecular flexibility index (Phi) is 1.87. The average Bonchev–Trinajstić information content (AvgIpc) is 2.70. The van der Waals surface area contributed by atoms with Crippen LogP contribution in [0, 0.1) is 13.8 Å². The first kappa shape index (κ1) is 9.24. The van der Waals surface area contributed by atoms with E-state index < -0.39 is 0 Å². The molecule has 1 aromatic heterocycles. The van der Waals surface area contributed by atoms with Crippen LogP contribution in [0.3, 0.4) is 0 Å². The molecule has 4 nitrogen and oxygen atoms in total. The molecule has 1 aliphatic carbocycles. The van der Waals surface area contributed by atoms with Gasteiger partial charge < -0.3 is 5.32 Å². The average molecular weight is 193 g/mol. The van der Waals surface area contributed by atoms with E-state index in [1.54, 1.807) is 0 Å². The molecule has 0 atom stereocenters. The topological polar surface area (TPSA) is 57.8 Å². The van der Waals surface area contributed by atoms with Crippen molar-refractivity contribution in [2.24, 2.45) is 0 Å². The number of nitrogens with one attached hydrogen (secondary N) is 2. The molecule has 2 rings (SSSR count). The molecule has 0 unspecified atom stereocenters. The SMILES string of the molecule is Cc1n[nH]c(C)c1C(=O)NC1(C)CC1. The summed E-state index contributed by atoms with van der Waals surface area (Å²) in [7, 11) is 0. The minimum Gasteiger partial charge on any atom is -0.347 e. The van der Waals surface area contributed by atoms with Crippen LogP contribution in [0.1, 0.15) is 41.5 Å². The molecule has 76 valence electrons. The Morgan fingerprint density at radius 2 is 2.14 bits per heavy atom. The van der Waals surface area contributed by atoms with E-state index in [9.17, 15) is 4.79 Å². The van der Waals surface area contributed by atoms with Crippen molar-refractivity contribution in [3.63, 3.8) is 0 Å². The number of hydrogen-bond acceptors (Lipinski definition) is 2. The fourth-order valence-electron chi connectivity index (χ4n) is 1.53. The molecule has 14 heavy (non-hydrogen) atoms. The van der Waals surface area contributed by atoms with Gasteiger partial charge in [0.15, 0.2) is 0 Å². The first-order chi connectivity index (χ1) is 6.52. The van der Waals surface area contributed by atoms with E-state index in [0.717, 1.165) is 24.2 Å². The van der Waals surface area contributed by atoms with Crippen molar-refractivity contribution in [3.8, 4) is 0 Å². The van der Waals surface area contributed by atoms with Crippen LogP contribution in [0.2, 0.25) is 0 Å². The fraction of sp³-hybridized carbons (Fsp3) is 0.600. The van der Waals surface area contributed by atoms with E-state index in [4.69, 9.17) is 0 Å². The molecule has 1 fully saturated rings. The second kappa shape index (κ2) is 2.83. The number of carbonyl (C=O) groups excluding carboxylic acids is 1. The molecule has 0 radical (unpaired) electrons. The minimum atomic E-state index is -0.00579. The maximum absolute atomic E-state index is 11.8. The lowest BCUT2D eigenvalue weighted by Crippen LogP contribution is -2.34. The Morgan fingerprint density at radius 1 is 1.50 bits per heavy atom. The molecule has 1 aromatic rings. The minimum absolute atomic E-state index is 0.00579. The standard InChI is InChI=1S/C10H15N3O/c1-6-8(7(2)13-12-6)9(14)11-10(3)4-5-10/h4-5H2,1-3H3,(H,11,14)(H,12,13). The summed E-state index contributed by atoms with van der Waals surface area (Å²) in [5.74, 6) is -0.00579. The molecule has 2 N–H and O–H groups in total. The van der Waals surface area contributed by atoms with Gasteiger partial charge in [-0.15, -0.1) is 0 Å². The number of nitrogens with zero attached hydrogens (tertiary/aromatic N) is 1. The zero-order valence-electron chi connectivity index (χ0n) is 8.77. The van der Waals surface area contributed by atoms with Crippen LogP contribution in [0.4, 0.5) is 0 Å². The lowest BCUT2D eigenvalue weighted by molar-refractivity contribution is 0.0934. The van der Waals surface area contributed by atoms with Crippen molar-refractivity contribution in [3.05, 3.63) is 17.0 Å². The lowest BCUT2D eigenvalue weighted by atomic mass is 10.1. The zero-order chi connectivity index (χ0) is 10.3. The van der Waals surface area contributed by atoms with Crippen molar-refractivity contribution in [1.29, 1.82) is 0 Å². The number of amides is 1. The van der Waals surface area contributed by atoms with Gasteiger partial charge in [0.25, 0.3) is 5.91 Å². The van der Waals surface area contributed by atoms with Gasteiger partial charge in [-0.2, -0.15) is 5.10 Å². The van der Waals surface area contributed by atoms with Gasteiger partial charge >= 0.3 is 0 Å². The van der Waals surface area contributed by atoms with E-state index >= 15 is 0 Å². The highest BCUT2D eigenvalue weighted by molar-refractivity contribution is 5.96. The molecular formula is C10H15N3O. The largest absolute Gasteiger partial charge is 0.347 e. The zero-order valence-corrected chi connectivity index (χ0v) is 8.77. The van der Waals surface area contributed by atoms with Gasteiger partial charge in [-0.1, -0.05) is 0 Å². The molecule has 1 aliphatic rings. The highest BCUT2D eigenvalue weighted by Gasteiger charge is 2.39. The fourth-order valence-corrected chi connectivity index (χ4v) is 1.53. The van der Waals surface area contributed by atoms with Gasteiger partial charge in [0.1, 0.15) is 0 Å². The summed E-state index contributed by atoms with van der Waals surface area (Å²) in [5.41, 5.74) is 2.33. The molecule has 1 heterocycles. The number of hydrogen-bond donors (Lipinski definition) is 2. The molecular weight excluding hydrogens is 178 g/mol. The summed E-state index contributed by atoms with van der Waals surface area (Å²) in [4.78, 5) is 11.8. The maximum Gasteiger partial charge on any atom is 0.255 e. The van der Waals surface area contributed by atoms with Gasteiger partial charge in [0.2, 0.25) is 0 Å². The van der Waals surface area contributed by atoms with Crippen molar-refractivity contribution in [1.82, 2.24) is 15.5 Å². The van der Waals surface area contributed by atoms with Crippen molar-refractivity contribution in [2.45, 2.75) is 39.2 Å². The molecule has 0 spiro atoms. The van der Waals surface area contributed by atoms with Gasteiger partial charge in [-0.3, -0.25) is 9.89 Å². The summed E-state index contributed by atoms with van der Waals surface area (Å²) in [5, 5.41) is 9.83. The predicted octanol–water partition coefficient (Wildman–Crippen LogP) is 1.31. The van der Waals surface area contributed by atoms with Crippen LogP contribution in [-0.2, 0) is 0 Å². The van der Waals surface area contributed by atoms with Crippen LogP contribution in [0.5, 0.6) is 0 Å². The Morgan fingerprint density at radius 3 is 2.57 bits per heavy atom. The van der Waals surface area contributed by atoms with E-state index in [2.05, 4.69) is 22.4 Å². The quantitative estimate of drug-likeness (QED) is 0.744. The van der Waals surface area contributed by atoms with Crippen LogP contribution >= 0.6 is 0 Å². The molecule has 0 aliphatic heterocycles. The third-order valence-corrected chi connectivity index (χ3v) is 2.77. The van der Waals surface area contributed by atoms with Crippen LogP contribution in [0.25, 0.3) is 0 Å². The molecule has 0 aromatic carbocycles. The van der Waals surface area contributed by atoms with Crippen molar-refractivity contribution >= 4 is 5.91 Å². The number of aryl methyl sites for hydroxylation is 2. The monoisotopic (exact) mass is 193 g/mol. The van der Waals surface area contributed by atoms with Gasteiger partial charge in [-0.25, -0.2) is 0 Å². The van der Waals surface area contributed by atoms with E-state index in [0.29, 0.717) is 5.56 Å². The van der Waals surface area contributed by atoms with E-state index in [1.807, 2.05) is 13.8 Å². The van der Waals surface area contributed by atoms with E-state index in [1.165, 1.54) is 0 Å². The Bertz CT molecular complexity index is 357. The lowest BCUT2D eigenvalue weighted by Gasteiger charge is -2.11. The third kappa shape index (κ3) is 1.52. The Hall–Kier alpha value is -1.32. The first-order valence-corrected chi connectivity index (χ1v) is 4.86. The highest BCUT2D eigenvalue weighted by Crippen LogP contribution is 2.34. The second-order valence-corrected chi connectivity index (χ2v) is 4.32. The summed E-state index contributed by atoms with van der Waals surface area (Å²) >= 11 is 0. The third-order valence-electron chi connectivity index (χ3n) is 2.77. The van der Waals surface area contributed by atoms with Gasteiger partial charge in [0.05, 0.1) is 11.3 Å². The molecule has 0 bridgehead atoms. The second-order valence-electron chi connectivity index (χ2n) is 4.32. The predicted molar refractivity (Wildman–Crippen MR) is 53.2 cm³/mol. The number of aromatic amines is 1.